The molecule has 0 fully saturated rings. The summed E-state index contributed by atoms with van der Waals surface area (Å²) in [5.74, 6) is 0. The third-order valence-electron chi connectivity index (χ3n) is 13.0. The molecule has 0 N–H and O–H groups in total. The summed E-state index contributed by atoms with van der Waals surface area (Å²) >= 11 is -0.826. The molecule has 0 aliphatic carbocycles. The zero-order valence-electron chi connectivity index (χ0n) is 42.2. The van der Waals surface area contributed by atoms with Crippen molar-refractivity contribution in [2.75, 3.05) is 0 Å². The Morgan fingerprint density at radius 2 is 0.672 bits per heavy atom. The summed E-state index contributed by atoms with van der Waals surface area (Å²) in [4.78, 5) is 0. The second-order valence-electron chi connectivity index (χ2n) is 21.3. The van der Waals surface area contributed by atoms with Gasteiger partial charge in [0.1, 0.15) is 0 Å². The third-order valence-corrected chi connectivity index (χ3v) is 13.0. The van der Waals surface area contributed by atoms with Gasteiger partial charge in [-0.3, -0.25) is 0 Å². The van der Waals surface area contributed by atoms with E-state index in [2.05, 4.69) is 206 Å². The Bertz CT molecular complexity index is 2200. The first-order valence-electron chi connectivity index (χ1n) is 22.5. The minimum absolute atomic E-state index is 0.128. The Balaban J connectivity index is 0.000000294. The molecule has 332 valence electrons. The van der Waals surface area contributed by atoms with Crippen LogP contribution in [-0.2, 0) is 55.3 Å². The minimum atomic E-state index is -0.826. The third kappa shape index (κ3) is 12.0. The van der Waals surface area contributed by atoms with E-state index in [0.29, 0.717) is 0 Å². The van der Waals surface area contributed by atoms with Crippen LogP contribution in [0.25, 0.3) is 43.8 Å². The van der Waals surface area contributed by atoms with Gasteiger partial charge in [0.05, 0.1) is 0 Å². The summed E-state index contributed by atoms with van der Waals surface area (Å²) in [5.41, 5.74) is 23.2. The molecule has 0 aliphatic heterocycles. The number of halogens is 2. The van der Waals surface area contributed by atoms with E-state index in [1.807, 2.05) is 0 Å². The van der Waals surface area contributed by atoms with Crippen molar-refractivity contribution < 1.29 is 20.8 Å². The Kier molecular flexibility index (Phi) is 17.9. The van der Waals surface area contributed by atoms with Crippen LogP contribution in [0.4, 0.5) is 0 Å². The monoisotopic (exact) mass is 935 g/mol. The van der Waals surface area contributed by atoms with Crippen LogP contribution < -0.4 is 0 Å². The van der Waals surface area contributed by atoms with Crippen LogP contribution in [0.1, 0.15) is 171 Å². The molecule has 6 aromatic carbocycles. The molecule has 0 radical (unpaired) electrons. The van der Waals surface area contributed by atoms with Crippen molar-refractivity contribution in [3.63, 3.8) is 0 Å². The average molecular weight is 938 g/mol. The molecule has 0 bridgehead atoms. The fourth-order valence-electron chi connectivity index (χ4n) is 8.34. The summed E-state index contributed by atoms with van der Waals surface area (Å²) in [7, 11) is 9.87. The zero-order chi connectivity index (χ0) is 46.7. The molecule has 0 unspecified atom stereocenters. The SMILES string of the molecule is CCc1cc2c(-c3cc(C(C)(C)C)cc(C(C)(C)C)c3)c(C)c(C)c(C)c2[cH-]1.CCc1cc2c(-c3cc(C(C)(C)C)cc(C(C)(C)C)c3)c(C)c(C)c(C)c2[cH-]1.[CH2-]C.[Cl][Zr][Cl]. The van der Waals surface area contributed by atoms with Gasteiger partial charge in [0, 0.05) is 0 Å². The maximum absolute atomic E-state index is 4.93. The van der Waals surface area contributed by atoms with Crippen molar-refractivity contribution in [1.29, 1.82) is 0 Å². The first kappa shape index (κ1) is 52.9. The molecule has 0 nitrogen and oxygen atoms in total. The first-order chi connectivity index (χ1) is 28.1. The second-order valence-corrected chi connectivity index (χ2v) is 25.0. The van der Waals surface area contributed by atoms with Crippen LogP contribution >= 0.6 is 17.0 Å². The van der Waals surface area contributed by atoms with Gasteiger partial charge >= 0.3 is 37.9 Å². The van der Waals surface area contributed by atoms with Gasteiger partial charge in [-0.1, -0.05) is 181 Å². The van der Waals surface area contributed by atoms with Crippen molar-refractivity contribution in [1.82, 2.24) is 0 Å². The summed E-state index contributed by atoms with van der Waals surface area (Å²) in [6.07, 6.45) is 2.17. The van der Waals surface area contributed by atoms with E-state index >= 15 is 0 Å². The molecule has 3 heteroatoms. The summed E-state index contributed by atoms with van der Waals surface area (Å²) in [6, 6.07) is 24.2. The van der Waals surface area contributed by atoms with Gasteiger partial charge in [0.2, 0.25) is 0 Å². The molecule has 0 spiro atoms. The van der Waals surface area contributed by atoms with E-state index in [0.717, 1.165) is 12.8 Å². The van der Waals surface area contributed by atoms with E-state index in [1.165, 1.54) is 111 Å². The van der Waals surface area contributed by atoms with E-state index in [1.54, 1.807) is 6.92 Å². The molecular weight excluding hydrogens is 859 g/mol. The van der Waals surface area contributed by atoms with Crippen molar-refractivity contribution in [3.8, 4) is 22.3 Å². The number of aryl methyl sites for hydroxylation is 4. The van der Waals surface area contributed by atoms with Gasteiger partial charge in [-0.05, 0) is 95.6 Å². The van der Waals surface area contributed by atoms with Gasteiger partial charge in [-0.2, -0.15) is 19.1 Å². The number of hydrogen-bond acceptors (Lipinski definition) is 0. The van der Waals surface area contributed by atoms with Gasteiger partial charge in [-0.15, -0.1) is 55.9 Å². The van der Waals surface area contributed by atoms with Crippen LogP contribution in [0.15, 0.2) is 60.7 Å². The number of rotatable bonds is 4. The summed E-state index contributed by atoms with van der Waals surface area (Å²) < 4.78 is 0. The Labute approximate surface area is 393 Å². The molecule has 0 saturated heterocycles. The number of fused-ring (bicyclic) bond motifs is 2. The standard InChI is InChI=1S/2C28H37.C2H5.2ClH.Zr/c2*1-11-20-12-24-18(3)17(2)19(4)26(25(24)13-20)21-14-22(27(5,6)7)16-23(15-21)28(8,9)10;1-2;;;/h2*12-16H,11H2,1-10H3;1H2,2H3;2*1H;/q3*-1;;;+2/p-2. The second kappa shape index (κ2) is 20.6. The van der Waals surface area contributed by atoms with Gasteiger partial charge in [-0.25, -0.2) is 0 Å². The molecule has 61 heavy (non-hydrogen) atoms. The summed E-state index contributed by atoms with van der Waals surface area (Å²) in [6.45, 7) is 51.0. The molecule has 0 aliphatic rings. The van der Waals surface area contributed by atoms with Crippen LogP contribution in [-0.4, -0.2) is 0 Å². The van der Waals surface area contributed by atoms with Gasteiger partial charge in [0.25, 0.3) is 0 Å². The van der Waals surface area contributed by atoms with Crippen molar-refractivity contribution in [2.45, 2.75) is 180 Å². The van der Waals surface area contributed by atoms with Gasteiger partial charge < -0.3 is 6.92 Å². The average Bonchev–Trinajstić information content (AvgIpc) is 3.81. The first-order valence-corrected chi connectivity index (χ1v) is 28.8. The number of hydrogen-bond donors (Lipinski definition) is 0. The zero-order valence-corrected chi connectivity index (χ0v) is 46.1. The van der Waals surface area contributed by atoms with Crippen LogP contribution in [0, 0.1) is 48.5 Å². The van der Waals surface area contributed by atoms with E-state index in [4.69, 9.17) is 17.0 Å². The molecule has 0 aromatic heterocycles. The van der Waals surface area contributed by atoms with Crippen molar-refractivity contribution in [3.05, 3.63) is 134 Å². The predicted octanol–water partition coefficient (Wildman–Crippen LogP) is 18.8. The predicted molar refractivity (Wildman–Crippen MR) is 275 cm³/mol. The topological polar surface area (TPSA) is 0 Å². The van der Waals surface area contributed by atoms with Crippen LogP contribution in [0.2, 0.25) is 0 Å². The van der Waals surface area contributed by atoms with Crippen molar-refractivity contribution >= 4 is 38.6 Å². The molecular formula is C58H79Cl2Zr-3. The normalized spacial score (nSPS) is 12.1. The van der Waals surface area contributed by atoms with Crippen molar-refractivity contribution in [2.24, 2.45) is 0 Å². The fourth-order valence-corrected chi connectivity index (χ4v) is 8.34. The van der Waals surface area contributed by atoms with Gasteiger partial charge in [0.15, 0.2) is 0 Å². The van der Waals surface area contributed by atoms with E-state index in [9.17, 15) is 0 Å². The van der Waals surface area contributed by atoms with Crippen LogP contribution in [0.5, 0.6) is 0 Å². The Morgan fingerprint density at radius 1 is 0.426 bits per heavy atom. The molecule has 6 aromatic rings. The number of benzene rings is 4. The molecule has 0 saturated carbocycles. The molecule has 0 atom stereocenters. The summed E-state index contributed by atoms with van der Waals surface area (Å²) in [5, 5.41) is 5.69. The quantitative estimate of drug-likeness (QED) is 0.155. The molecule has 6 rings (SSSR count). The Morgan fingerprint density at radius 3 is 0.885 bits per heavy atom. The maximum atomic E-state index is 4.93. The van der Waals surface area contributed by atoms with E-state index in [-0.39, 0.29) is 21.7 Å². The van der Waals surface area contributed by atoms with E-state index < -0.39 is 20.8 Å². The van der Waals surface area contributed by atoms with Crippen LogP contribution in [0.3, 0.4) is 0 Å². The fraction of sp³-hybridized carbons (Fsp3) is 0.466. The molecule has 0 heterocycles. The Hall–Kier alpha value is -2.44. The molecule has 0 amide bonds.